The fraction of sp³-hybridized carbons (Fsp3) is 0.447. The maximum Gasteiger partial charge on any atom is 0.338 e. The molecule has 4 aliphatic rings. The highest BCUT2D eigenvalue weighted by Crippen LogP contribution is 2.64. The Balaban J connectivity index is 1.43. The Hall–Kier alpha value is -5.74. The minimum absolute atomic E-state index is 0.0435. The molecule has 3 aliphatic carbocycles. The smallest absolute Gasteiger partial charge is 0.338 e. The van der Waals surface area contributed by atoms with Gasteiger partial charge in [0.1, 0.15) is 23.9 Å². The van der Waals surface area contributed by atoms with Crippen LogP contribution in [0.25, 0.3) is 0 Å². The van der Waals surface area contributed by atoms with Gasteiger partial charge >= 0.3 is 23.9 Å². The van der Waals surface area contributed by atoms with Gasteiger partial charge in [0.15, 0.2) is 23.6 Å². The molecule has 0 radical (unpaired) electrons. The minimum Gasteiger partial charge on any atom is -0.456 e. The molecule has 1 heterocycles. The molecular weight excluding hydrogens is 803 g/mol. The van der Waals surface area contributed by atoms with Crippen LogP contribution in [-0.4, -0.2) is 105 Å². The topological polar surface area (TPSA) is 221 Å². The zero-order chi connectivity index (χ0) is 49.3. The predicted molar refractivity (Wildman–Crippen MR) is 218 cm³/mol. The molecule has 2 bridgehead atoms. The van der Waals surface area contributed by atoms with Gasteiger partial charge in [-0.05, 0) is 54.8 Å². The van der Waals surface area contributed by atoms with Crippen molar-refractivity contribution in [1.29, 1.82) is 0 Å². The molecule has 1 saturated heterocycles. The Bertz CT molecular complexity index is 2550. The fourth-order valence-corrected chi connectivity index (χ4v) is 9.95. The number of Topliss-reactive ketones (excluding diaryl/α,β-unsaturated/α-hetero) is 1. The molecule has 328 valence electrons. The van der Waals surface area contributed by atoms with E-state index in [2.05, 4.69) is 5.32 Å². The summed E-state index contributed by atoms with van der Waals surface area (Å²) in [5.74, 6) is -8.30. The number of hydrogen-bond acceptors (Lipinski definition) is 14. The molecule has 3 aromatic rings. The number of ketones is 1. The minimum atomic E-state index is -2.67. The molecule has 11 atom stereocenters. The van der Waals surface area contributed by atoms with Crippen molar-refractivity contribution in [1.82, 2.24) is 5.32 Å². The van der Waals surface area contributed by atoms with E-state index in [0.29, 0.717) is 5.56 Å². The third kappa shape index (κ3) is 7.29. The van der Waals surface area contributed by atoms with Crippen LogP contribution in [0.5, 0.6) is 0 Å². The van der Waals surface area contributed by atoms with Crippen molar-refractivity contribution in [2.75, 3.05) is 6.61 Å². The largest absolute Gasteiger partial charge is 0.456 e. The molecular formula is C47H51NO14. The highest BCUT2D eigenvalue weighted by atomic mass is 16.6. The van der Waals surface area contributed by atoms with Crippen LogP contribution in [0.1, 0.15) is 93.6 Å². The number of nitrogens with one attached hydrogen (secondary N) is 1. The van der Waals surface area contributed by atoms with Crippen LogP contribution in [0, 0.1) is 16.7 Å². The second-order valence-corrected chi connectivity index (χ2v) is 17.0. The summed E-state index contributed by atoms with van der Waals surface area (Å²) in [5, 5.41) is 40.4. The summed E-state index contributed by atoms with van der Waals surface area (Å²) in [6.07, 6.45) is -12.0. The summed E-state index contributed by atoms with van der Waals surface area (Å²) in [5.41, 5.74) is -9.39. The Morgan fingerprint density at radius 2 is 1.52 bits per heavy atom. The third-order valence-corrected chi connectivity index (χ3v) is 13.2. The van der Waals surface area contributed by atoms with E-state index in [1.807, 2.05) is 0 Å². The summed E-state index contributed by atoms with van der Waals surface area (Å²) >= 11 is 0. The summed E-state index contributed by atoms with van der Waals surface area (Å²) in [4.78, 5) is 84.2. The van der Waals surface area contributed by atoms with E-state index in [9.17, 15) is 39.3 Å². The molecule has 1 aliphatic heterocycles. The normalized spacial score (nSPS) is 33.0. The third-order valence-electron chi connectivity index (χ3n) is 13.2. The van der Waals surface area contributed by atoms with Crippen LogP contribution >= 0.6 is 0 Å². The van der Waals surface area contributed by atoms with E-state index >= 15 is 4.79 Å². The molecule has 15 heteroatoms. The number of carbonyl (C=O) groups excluding carboxylic acids is 6. The molecule has 2 saturated carbocycles. The van der Waals surface area contributed by atoms with Crippen molar-refractivity contribution in [2.24, 2.45) is 16.7 Å². The van der Waals surface area contributed by atoms with E-state index in [0.717, 1.165) is 13.8 Å². The standard InChI is InChI=1S/C47H51NO14/c1-25-31(60-43(56)36(52)35(28-16-10-7-11-17-28)48-41(54)29-18-12-8-13-19-29)23-47(57)40(61-42(55)30-20-14-9-15-21-30)38-45(6,32(51)22-33-46(38,24-58-33)62-27(3)50)39(53)37(59-26(2)49)34(25)44(47,4)5/h7-21,31-33,35-38,40,51-52,57H,22-24H2,1-6H3,(H,48,54)/t31-,32-,33+,35-,36+,37+,38-,40-,45+,46-,47+/m0/s1/i9D,14D,15D,20D,21D. The van der Waals surface area contributed by atoms with Gasteiger partial charge in [0.2, 0.25) is 0 Å². The number of hydrogen-bond donors (Lipinski definition) is 4. The van der Waals surface area contributed by atoms with Crippen LogP contribution in [0.3, 0.4) is 0 Å². The second-order valence-electron chi connectivity index (χ2n) is 17.0. The Kier molecular flexibility index (Phi) is 10.1. The molecule has 0 spiro atoms. The van der Waals surface area contributed by atoms with E-state index in [1.165, 1.54) is 39.8 Å². The Morgan fingerprint density at radius 3 is 2.10 bits per heavy atom. The number of benzene rings is 3. The van der Waals surface area contributed by atoms with Gasteiger partial charge < -0.3 is 44.3 Å². The van der Waals surface area contributed by atoms with Crippen LogP contribution in [-0.2, 0) is 42.9 Å². The van der Waals surface area contributed by atoms with Crippen LogP contribution in [0.4, 0.5) is 0 Å². The summed E-state index contributed by atoms with van der Waals surface area (Å²) < 4.78 is 71.8. The van der Waals surface area contributed by atoms with Gasteiger partial charge in [-0.3, -0.25) is 19.2 Å². The predicted octanol–water partition coefficient (Wildman–Crippen LogP) is 3.74. The number of carbonyl (C=O) groups is 6. The maximum atomic E-state index is 15.6. The monoisotopic (exact) mass is 858 g/mol. The Morgan fingerprint density at radius 1 is 0.887 bits per heavy atom. The summed E-state index contributed by atoms with van der Waals surface area (Å²) in [7, 11) is 0. The summed E-state index contributed by atoms with van der Waals surface area (Å²) in [6, 6.07) is 10.00. The molecule has 7 rings (SSSR count). The van der Waals surface area contributed by atoms with Gasteiger partial charge in [-0.1, -0.05) is 80.5 Å². The maximum absolute atomic E-state index is 15.6. The van der Waals surface area contributed by atoms with Crippen LogP contribution in [0.15, 0.2) is 102 Å². The van der Waals surface area contributed by atoms with Gasteiger partial charge in [-0.25, -0.2) is 9.59 Å². The highest BCUT2D eigenvalue weighted by Gasteiger charge is 2.78. The number of amides is 1. The van der Waals surface area contributed by atoms with Crippen molar-refractivity contribution >= 4 is 35.6 Å². The average molecular weight is 859 g/mol. The molecule has 3 fully saturated rings. The molecule has 0 aromatic heterocycles. The molecule has 62 heavy (non-hydrogen) atoms. The number of fused-ring (bicyclic) bond motifs is 5. The van der Waals surface area contributed by atoms with Gasteiger partial charge in [0.05, 0.1) is 42.5 Å². The van der Waals surface area contributed by atoms with E-state index in [-0.39, 0.29) is 23.1 Å². The van der Waals surface area contributed by atoms with Gasteiger partial charge in [-0.15, -0.1) is 0 Å². The summed E-state index contributed by atoms with van der Waals surface area (Å²) in [6.45, 7) is 7.14. The second kappa shape index (κ2) is 16.5. The number of ether oxygens (including phenoxy) is 5. The van der Waals surface area contributed by atoms with Crippen molar-refractivity contribution in [3.63, 3.8) is 0 Å². The number of aliphatic hydroxyl groups excluding tert-OH is 2. The molecule has 1 amide bonds. The van der Waals surface area contributed by atoms with Gasteiger partial charge in [0, 0.05) is 37.7 Å². The van der Waals surface area contributed by atoms with Gasteiger partial charge in [0.25, 0.3) is 5.91 Å². The Labute approximate surface area is 365 Å². The van der Waals surface area contributed by atoms with Crippen molar-refractivity contribution < 1.29 is 74.6 Å². The highest BCUT2D eigenvalue weighted by molar-refractivity contribution is 5.96. The van der Waals surface area contributed by atoms with Crippen LogP contribution in [0.2, 0.25) is 0 Å². The first-order valence-electron chi connectivity index (χ1n) is 22.6. The van der Waals surface area contributed by atoms with Crippen molar-refractivity contribution in [3.05, 3.63) is 119 Å². The van der Waals surface area contributed by atoms with Crippen molar-refractivity contribution in [2.45, 2.75) is 108 Å². The van der Waals surface area contributed by atoms with Gasteiger partial charge in [-0.2, -0.15) is 0 Å². The van der Waals surface area contributed by atoms with E-state index < -0.39 is 155 Å². The average Bonchev–Trinajstić information content (AvgIpc) is 3.27. The molecule has 4 N–H and O–H groups in total. The number of rotatable bonds is 10. The first-order valence-corrected chi connectivity index (χ1v) is 20.1. The zero-order valence-corrected chi connectivity index (χ0v) is 34.8. The molecule has 0 unspecified atom stereocenters. The number of aliphatic hydroxyl groups is 3. The van der Waals surface area contributed by atoms with E-state index in [1.54, 1.807) is 48.5 Å². The zero-order valence-electron chi connectivity index (χ0n) is 39.8. The fourth-order valence-electron chi connectivity index (χ4n) is 9.95. The van der Waals surface area contributed by atoms with E-state index in [4.69, 9.17) is 30.5 Å². The first kappa shape index (κ1) is 38.0. The molecule has 15 nitrogen and oxygen atoms in total. The lowest BCUT2D eigenvalue weighted by molar-refractivity contribution is -0.346. The quantitative estimate of drug-likeness (QED) is 0.130. The molecule has 3 aromatic carbocycles. The lowest BCUT2D eigenvalue weighted by Crippen LogP contribution is -2.82. The first-order chi connectivity index (χ1) is 31.3. The SMILES string of the molecule is [2H]c1c([2H])c([2H])c(C(=O)O[C@H]2[C@@H]3[C@]4(OC(C)=O)CO[C@@H]4C[C@H](O)[C@@]3(C)C(=O)[C@H](OC(C)=O)C3=C(C)[C@@H](OC(=O)[C@H](O)[C@@H](NC(=O)c4ccccc4)c4ccccc4)C[C@]2(O)C3(C)C)c([2H])c1[2H]. The van der Waals surface area contributed by atoms with Crippen LogP contribution < -0.4 is 5.32 Å². The van der Waals surface area contributed by atoms with Crippen molar-refractivity contribution in [3.8, 4) is 0 Å². The number of esters is 4. The lowest BCUT2D eigenvalue weighted by Gasteiger charge is -2.67. The lowest BCUT2D eigenvalue weighted by atomic mass is 9.44.